The molecule has 2 rings (SSSR count). The van der Waals surface area contributed by atoms with Crippen LogP contribution in [0.15, 0.2) is 29.4 Å². The molecular formula is C10H10FN5O4S. The number of non-ortho nitro benzene ring substituents is 1. The number of nitro benzene ring substituents is 1. The first-order valence-corrected chi connectivity index (χ1v) is 7.01. The van der Waals surface area contributed by atoms with E-state index in [1.165, 1.54) is 12.4 Å². The number of aromatic nitrogens is 2. The number of nitrogens with one attached hydrogen (secondary N) is 2. The Morgan fingerprint density at radius 2 is 2.19 bits per heavy atom. The summed E-state index contributed by atoms with van der Waals surface area (Å²) in [7, 11) is -4.27. The summed E-state index contributed by atoms with van der Waals surface area (Å²) in [6, 6.07) is 1.28. The highest BCUT2D eigenvalue weighted by Crippen LogP contribution is 2.27. The molecule has 0 bridgehead atoms. The van der Waals surface area contributed by atoms with Crippen LogP contribution in [-0.2, 0) is 16.6 Å². The standard InChI is InChI=1S/C10H10FN5O4S/c11-7-3-6(16(17)18)4-8(12)10(7)21(19,20)15-5-9-13-1-2-14-9/h1-4,15H,5,12H2,(H,13,14). The first-order chi connectivity index (χ1) is 9.81. The second-order valence-corrected chi connectivity index (χ2v) is 5.67. The van der Waals surface area contributed by atoms with Crippen LogP contribution in [-0.4, -0.2) is 23.3 Å². The number of H-pyrrole nitrogens is 1. The number of halogens is 1. The van der Waals surface area contributed by atoms with Gasteiger partial charge >= 0.3 is 0 Å². The highest BCUT2D eigenvalue weighted by Gasteiger charge is 2.25. The maximum Gasteiger partial charge on any atom is 0.274 e. The zero-order valence-electron chi connectivity index (χ0n) is 10.4. The van der Waals surface area contributed by atoms with Gasteiger partial charge in [-0.3, -0.25) is 10.1 Å². The molecular weight excluding hydrogens is 305 g/mol. The van der Waals surface area contributed by atoms with Gasteiger partial charge < -0.3 is 10.7 Å². The van der Waals surface area contributed by atoms with E-state index in [-0.39, 0.29) is 6.54 Å². The molecule has 11 heteroatoms. The lowest BCUT2D eigenvalue weighted by atomic mass is 10.3. The van der Waals surface area contributed by atoms with E-state index in [1.54, 1.807) is 0 Å². The van der Waals surface area contributed by atoms with Crippen molar-refractivity contribution in [3.05, 3.63) is 46.3 Å². The van der Waals surface area contributed by atoms with Crippen LogP contribution in [0, 0.1) is 15.9 Å². The molecule has 4 N–H and O–H groups in total. The molecule has 1 aromatic heterocycles. The minimum atomic E-state index is -4.27. The van der Waals surface area contributed by atoms with Gasteiger partial charge in [0.05, 0.1) is 23.2 Å². The average molecular weight is 315 g/mol. The number of nitrogen functional groups attached to an aromatic ring is 1. The van der Waals surface area contributed by atoms with Gasteiger partial charge in [0.25, 0.3) is 5.69 Å². The van der Waals surface area contributed by atoms with Gasteiger partial charge in [-0.1, -0.05) is 0 Å². The Hall–Kier alpha value is -2.53. The lowest BCUT2D eigenvalue weighted by molar-refractivity contribution is -0.385. The number of nitro groups is 1. The van der Waals surface area contributed by atoms with Crippen molar-refractivity contribution in [2.45, 2.75) is 11.4 Å². The number of nitrogens with two attached hydrogens (primary N) is 1. The van der Waals surface area contributed by atoms with Crippen molar-refractivity contribution in [3.63, 3.8) is 0 Å². The Bertz CT molecular complexity index is 752. The van der Waals surface area contributed by atoms with Gasteiger partial charge in [0.2, 0.25) is 10.0 Å². The number of hydrogen-bond donors (Lipinski definition) is 3. The smallest absolute Gasteiger partial charge is 0.274 e. The maximum atomic E-state index is 13.8. The molecule has 0 saturated carbocycles. The molecule has 112 valence electrons. The van der Waals surface area contributed by atoms with Crippen molar-refractivity contribution in [2.75, 3.05) is 5.73 Å². The van der Waals surface area contributed by atoms with E-state index >= 15 is 0 Å². The van der Waals surface area contributed by atoms with Crippen molar-refractivity contribution in [1.29, 1.82) is 0 Å². The van der Waals surface area contributed by atoms with Crippen molar-refractivity contribution in [1.82, 2.24) is 14.7 Å². The van der Waals surface area contributed by atoms with Gasteiger partial charge in [-0.05, 0) is 0 Å². The molecule has 21 heavy (non-hydrogen) atoms. The summed E-state index contributed by atoms with van der Waals surface area (Å²) in [5.74, 6) is -0.979. The molecule has 0 aliphatic rings. The van der Waals surface area contributed by atoms with E-state index in [1.807, 2.05) is 0 Å². The molecule has 0 aliphatic heterocycles. The molecule has 0 unspecified atom stereocenters. The monoisotopic (exact) mass is 315 g/mol. The largest absolute Gasteiger partial charge is 0.397 e. The summed E-state index contributed by atoms with van der Waals surface area (Å²) >= 11 is 0. The third-order valence-electron chi connectivity index (χ3n) is 2.52. The number of benzene rings is 1. The van der Waals surface area contributed by atoms with Crippen LogP contribution in [0.2, 0.25) is 0 Å². The molecule has 0 radical (unpaired) electrons. The molecule has 0 saturated heterocycles. The van der Waals surface area contributed by atoms with Gasteiger partial charge in [-0.25, -0.2) is 22.5 Å². The number of sulfonamides is 1. The van der Waals surface area contributed by atoms with E-state index in [4.69, 9.17) is 5.73 Å². The van der Waals surface area contributed by atoms with Crippen molar-refractivity contribution >= 4 is 21.4 Å². The highest BCUT2D eigenvalue weighted by molar-refractivity contribution is 7.89. The second-order valence-electron chi connectivity index (χ2n) is 3.96. The van der Waals surface area contributed by atoms with E-state index in [0.717, 1.165) is 6.07 Å². The third kappa shape index (κ3) is 3.14. The topological polar surface area (TPSA) is 144 Å². The minimum Gasteiger partial charge on any atom is -0.397 e. The highest BCUT2D eigenvalue weighted by atomic mass is 32.2. The van der Waals surface area contributed by atoms with Crippen LogP contribution in [0.1, 0.15) is 5.82 Å². The maximum absolute atomic E-state index is 13.8. The Morgan fingerprint density at radius 3 is 2.71 bits per heavy atom. The quantitative estimate of drug-likeness (QED) is 0.417. The Morgan fingerprint density at radius 1 is 1.48 bits per heavy atom. The molecule has 1 heterocycles. The Balaban J connectivity index is 2.33. The zero-order chi connectivity index (χ0) is 15.6. The first kappa shape index (κ1) is 14.9. The van der Waals surface area contributed by atoms with Crippen LogP contribution in [0.3, 0.4) is 0 Å². The van der Waals surface area contributed by atoms with E-state index < -0.39 is 37.0 Å². The number of hydrogen-bond acceptors (Lipinski definition) is 6. The van der Waals surface area contributed by atoms with Gasteiger partial charge in [-0.15, -0.1) is 0 Å². The van der Waals surface area contributed by atoms with Gasteiger partial charge in [0, 0.05) is 18.5 Å². The number of anilines is 1. The summed E-state index contributed by atoms with van der Waals surface area (Å²) in [5.41, 5.74) is 4.23. The van der Waals surface area contributed by atoms with Gasteiger partial charge in [-0.2, -0.15) is 0 Å². The summed E-state index contributed by atoms with van der Waals surface area (Å²) in [6.07, 6.45) is 2.91. The predicted molar refractivity (Wildman–Crippen MR) is 70.1 cm³/mol. The first-order valence-electron chi connectivity index (χ1n) is 5.52. The molecule has 0 atom stereocenters. The molecule has 0 spiro atoms. The predicted octanol–water partition coefficient (Wildman–Crippen LogP) is 0.518. The zero-order valence-corrected chi connectivity index (χ0v) is 11.2. The molecule has 1 aromatic carbocycles. The molecule has 0 aliphatic carbocycles. The number of nitrogens with zero attached hydrogens (tertiary/aromatic N) is 2. The van der Waals surface area contributed by atoms with Crippen molar-refractivity contribution in [2.24, 2.45) is 0 Å². The number of aromatic amines is 1. The lowest BCUT2D eigenvalue weighted by Gasteiger charge is -2.09. The summed E-state index contributed by atoms with van der Waals surface area (Å²) in [5, 5.41) is 10.6. The summed E-state index contributed by atoms with van der Waals surface area (Å²) < 4.78 is 39.9. The second kappa shape index (κ2) is 5.46. The van der Waals surface area contributed by atoms with Crippen molar-refractivity contribution in [3.8, 4) is 0 Å². The molecule has 2 aromatic rings. The van der Waals surface area contributed by atoms with Gasteiger partial charge in [0.15, 0.2) is 5.82 Å². The minimum absolute atomic E-state index is 0.203. The molecule has 0 fully saturated rings. The molecule has 0 amide bonds. The van der Waals surface area contributed by atoms with Crippen molar-refractivity contribution < 1.29 is 17.7 Å². The normalized spacial score (nSPS) is 11.5. The van der Waals surface area contributed by atoms with Gasteiger partial charge in [0.1, 0.15) is 10.7 Å². The van der Waals surface area contributed by atoms with Crippen LogP contribution in [0.5, 0.6) is 0 Å². The SMILES string of the molecule is Nc1cc([N+](=O)[O-])cc(F)c1S(=O)(=O)NCc1ncc[nH]1. The summed E-state index contributed by atoms with van der Waals surface area (Å²) in [4.78, 5) is 15.3. The third-order valence-corrected chi connectivity index (χ3v) is 4.01. The van der Waals surface area contributed by atoms with Crippen LogP contribution < -0.4 is 10.5 Å². The van der Waals surface area contributed by atoms with E-state index in [0.29, 0.717) is 11.9 Å². The van der Waals surface area contributed by atoms with E-state index in [9.17, 15) is 22.9 Å². The Kier molecular flexibility index (Phi) is 3.86. The van der Waals surface area contributed by atoms with Crippen LogP contribution >= 0.6 is 0 Å². The lowest BCUT2D eigenvalue weighted by Crippen LogP contribution is -2.25. The number of imidazole rings is 1. The Labute approximate surface area is 118 Å². The van der Waals surface area contributed by atoms with Crippen LogP contribution in [0.25, 0.3) is 0 Å². The fourth-order valence-electron chi connectivity index (χ4n) is 1.62. The summed E-state index contributed by atoms with van der Waals surface area (Å²) in [6.45, 7) is -0.203. The molecule has 9 nitrogen and oxygen atoms in total. The van der Waals surface area contributed by atoms with Crippen LogP contribution in [0.4, 0.5) is 15.8 Å². The fraction of sp³-hybridized carbons (Fsp3) is 0.100. The van der Waals surface area contributed by atoms with E-state index in [2.05, 4.69) is 14.7 Å². The fourth-order valence-corrected chi connectivity index (χ4v) is 2.77. The number of rotatable bonds is 5. The average Bonchev–Trinajstić information content (AvgIpc) is 2.88.